The maximum Gasteiger partial charge on any atom is 0.267 e. The van der Waals surface area contributed by atoms with Crippen molar-refractivity contribution in [2.45, 2.75) is 44.6 Å². The van der Waals surface area contributed by atoms with Gasteiger partial charge in [-0.3, -0.25) is 9.69 Å². The van der Waals surface area contributed by atoms with Crippen LogP contribution in [0.3, 0.4) is 0 Å². The highest BCUT2D eigenvalue weighted by molar-refractivity contribution is 5.99. The zero-order valence-corrected chi connectivity index (χ0v) is 18.9. The monoisotopic (exact) mass is 437 g/mol. The zero-order valence-electron chi connectivity index (χ0n) is 18.9. The molecule has 1 amide bonds. The Morgan fingerprint density at radius 3 is 2.41 bits per heavy atom. The molecule has 1 fully saturated rings. The van der Waals surface area contributed by atoms with E-state index in [9.17, 15) is 9.18 Å². The number of aryl methyl sites for hydroxylation is 2. The van der Waals surface area contributed by atoms with Gasteiger partial charge in [-0.1, -0.05) is 0 Å². The molecule has 0 saturated carbocycles. The SMILES string of the molecule is CN1C(=O)C(CCCN2CCN(c3ccc(F)cc3)CC2)Oc2cc3c(cc21)CCCC3. The van der Waals surface area contributed by atoms with Gasteiger partial charge in [-0.2, -0.15) is 0 Å². The molecule has 0 radical (unpaired) electrons. The van der Waals surface area contributed by atoms with Gasteiger partial charge in [0.15, 0.2) is 6.10 Å². The van der Waals surface area contributed by atoms with Crippen LogP contribution in [-0.2, 0) is 17.6 Å². The molecule has 0 N–H and O–H groups in total. The number of carbonyl (C=O) groups is 1. The minimum absolute atomic E-state index is 0.0642. The van der Waals surface area contributed by atoms with Crippen LogP contribution < -0.4 is 14.5 Å². The summed E-state index contributed by atoms with van der Waals surface area (Å²) in [7, 11) is 1.88. The Kier molecular flexibility index (Phi) is 6.05. The van der Waals surface area contributed by atoms with Crippen LogP contribution in [0.25, 0.3) is 0 Å². The molecule has 32 heavy (non-hydrogen) atoms. The summed E-state index contributed by atoms with van der Waals surface area (Å²) in [5, 5.41) is 0. The van der Waals surface area contributed by atoms with E-state index >= 15 is 0 Å². The molecule has 1 saturated heterocycles. The number of hydrogen-bond donors (Lipinski definition) is 0. The van der Waals surface area contributed by atoms with Crippen LogP contribution in [0.15, 0.2) is 36.4 Å². The number of anilines is 2. The van der Waals surface area contributed by atoms with Crippen molar-refractivity contribution in [3.63, 3.8) is 0 Å². The molecule has 0 aromatic heterocycles. The van der Waals surface area contributed by atoms with Crippen molar-refractivity contribution < 1.29 is 13.9 Å². The van der Waals surface area contributed by atoms with Crippen LogP contribution in [0.5, 0.6) is 5.75 Å². The second-order valence-electron chi connectivity index (χ2n) is 9.25. The summed E-state index contributed by atoms with van der Waals surface area (Å²) in [5.41, 5.74) is 4.76. The maximum atomic E-state index is 13.2. The molecule has 1 atom stereocenters. The van der Waals surface area contributed by atoms with Gasteiger partial charge in [0.25, 0.3) is 5.91 Å². The van der Waals surface area contributed by atoms with Crippen molar-refractivity contribution in [1.29, 1.82) is 0 Å². The summed E-state index contributed by atoms with van der Waals surface area (Å²) in [4.78, 5) is 19.5. The van der Waals surface area contributed by atoms with Crippen LogP contribution in [-0.4, -0.2) is 56.7 Å². The van der Waals surface area contributed by atoms with Crippen molar-refractivity contribution in [1.82, 2.24) is 4.90 Å². The van der Waals surface area contributed by atoms with E-state index in [2.05, 4.69) is 21.9 Å². The standard InChI is InChI=1S/C26H32FN3O2/c1-28-23-17-19-5-2-3-6-20(19)18-25(23)32-24(26(28)31)7-4-12-29-13-15-30(16-14-29)22-10-8-21(27)9-11-22/h8-11,17-18,24H,2-7,12-16H2,1H3. The Balaban J connectivity index is 1.13. The normalized spacial score (nSPS) is 21.2. The molecule has 2 aromatic rings. The molecule has 170 valence electrons. The summed E-state index contributed by atoms with van der Waals surface area (Å²) >= 11 is 0. The molecule has 2 aromatic carbocycles. The molecule has 0 spiro atoms. The number of ether oxygens (including phenoxy) is 1. The Bertz CT molecular complexity index is 970. The van der Waals surface area contributed by atoms with E-state index in [1.165, 1.54) is 36.1 Å². The largest absolute Gasteiger partial charge is 0.478 e. The molecular formula is C26H32FN3O2. The lowest BCUT2D eigenvalue weighted by atomic mass is 9.90. The fourth-order valence-corrected chi connectivity index (χ4v) is 5.21. The number of likely N-dealkylation sites (N-methyl/N-ethyl adjacent to an activating group) is 1. The van der Waals surface area contributed by atoms with Gasteiger partial charge in [0.05, 0.1) is 5.69 Å². The molecule has 6 heteroatoms. The predicted octanol–water partition coefficient (Wildman–Crippen LogP) is 4.03. The van der Waals surface area contributed by atoms with Gasteiger partial charge >= 0.3 is 0 Å². The Hall–Kier alpha value is -2.60. The number of rotatable bonds is 5. The summed E-state index contributed by atoms with van der Waals surface area (Å²) in [5.74, 6) is 0.736. The maximum absolute atomic E-state index is 13.2. The first-order valence-corrected chi connectivity index (χ1v) is 11.9. The first-order valence-electron chi connectivity index (χ1n) is 11.9. The van der Waals surface area contributed by atoms with Gasteiger partial charge in [-0.25, -0.2) is 4.39 Å². The molecule has 1 aliphatic carbocycles. The summed E-state index contributed by atoms with van der Waals surface area (Å²) in [6.07, 6.45) is 5.94. The van der Waals surface area contributed by atoms with E-state index in [1.807, 2.05) is 19.2 Å². The van der Waals surface area contributed by atoms with Gasteiger partial charge in [-0.05, 0) is 92.6 Å². The summed E-state index contributed by atoms with van der Waals surface area (Å²) in [6.45, 7) is 4.79. The van der Waals surface area contributed by atoms with Gasteiger partial charge in [-0.15, -0.1) is 0 Å². The van der Waals surface area contributed by atoms with Gasteiger partial charge in [0.1, 0.15) is 11.6 Å². The smallest absolute Gasteiger partial charge is 0.267 e. The highest BCUT2D eigenvalue weighted by atomic mass is 19.1. The summed E-state index contributed by atoms with van der Waals surface area (Å²) in [6, 6.07) is 11.1. The molecule has 1 unspecified atom stereocenters. The van der Waals surface area contributed by atoms with Crippen LogP contribution in [0.4, 0.5) is 15.8 Å². The topological polar surface area (TPSA) is 36.0 Å². The Labute approximate surface area is 189 Å². The number of halogens is 1. The molecular weight excluding hydrogens is 405 g/mol. The predicted molar refractivity (Wildman–Crippen MR) is 125 cm³/mol. The van der Waals surface area contributed by atoms with E-state index in [0.717, 1.165) is 75.5 Å². The van der Waals surface area contributed by atoms with E-state index in [0.29, 0.717) is 0 Å². The van der Waals surface area contributed by atoms with Crippen LogP contribution in [0.2, 0.25) is 0 Å². The van der Waals surface area contributed by atoms with E-state index in [4.69, 9.17) is 4.74 Å². The van der Waals surface area contributed by atoms with E-state index in [1.54, 1.807) is 4.90 Å². The number of piperazine rings is 1. The van der Waals surface area contributed by atoms with Crippen LogP contribution >= 0.6 is 0 Å². The molecule has 2 aliphatic heterocycles. The van der Waals surface area contributed by atoms with Crippen molar-refractivity contribution in [2.24, 2.45) is 0 Å². The third-order valence-corrected chi connectivity index (χ3v) is 7.16. The number of amides is 1. The fourth-order valence-electron chi connectivity index (χ4n) is 5.21. The average Bonchev–Trinajstić information content (AvgIpc) is 2.82. The van der Waals surface area contributed by atoms with Gasteiger partial charge in [0, 0.05) is 38.9 Å². The van der Waals surface area contributed by atoms with Crippen molar-refractivity contribution in [3.8, 4) is 5.75 Å². The minimum atomic E-state index is -0.394. The number of fused-ring (bicyclic) bond motifs is 2. The lowest BCUT2D eigenvalue weighted by Gasteiger charge is -2.37. The number of carbonyl (C=O) groups excluding carboxylic acids is 1. The van der Waals surface area contributed by atoms with Crippen LogP contribution in [0, 0.1) is 5.82 Å². The van der Waals surface area contributed by atoms with Crippen molar-refractivity contribution >= 4 is 17.3 Å². The van der Waals surface area contributed by atoms with Gasteiger partial charge < -0.3 is 14.5 Å². The number of nitrogens with zero attached hydrogens (tertiary/aromatic N) is 3. The van der Waals surface area contributed by atoms with Gasteiger partial charge in [0.2, 0.25) is 0 Å². The minimum Gasteiger partial charge on any atom is -0.478 e. The highest BCUT2D eigenvalue weighted by Gasteiger charge is 2.33. The number of hydrogen-bond acceptors (Lipinski definition) is 4. The fraction of sp³-hybridized carbons (Fsp3) is 0.500. The third-order valence-electron chi connectivity index (χ3n) is 7.16. The first kappa shape index (κ1) is 21.3. The number of benzene rings is 2. The molecule has 2 heterocycles. The zero-order chi connectivity index (χ0) is 22.1. The molecule has 5 nitrogen and oxygen atoms in total. The Morgan fingerprint density at radius 2 is 1.69 bits per heavy atom. The lowest BCUT2D eigenvalue weighted by molar-refractivity contribution is -0.126. The van der Waals surface area contributed by atoms with Crippen LogP contribution in [0.1, 0.15) is 36.8 Å². The molecule has 0 bridgehead atoms. The van der Waals surface area contributed by atoms with Crippen molar-refractivity contribution in [2.75, 3.05) is 49.6 Å². The van der Waals surface area contributed by atoms with Crippen molar-refractivity contribution in [3.05, 3.63) is 53.3 Å². The average molecular weight is 438 g/mol. The van der Waals surface area contributed by atoms with E-state index < -0.39 is 6.10 Å². The lowest BCUT2D eigenvalue weighted by Crippen LogP contribution is -2.47. The third kappa shape index (κ3) is 4.33. The second-order valence-corrected chi connectivity index (χ2v) is 9.25. The first-order chi connectivity index (χ1) is 15.6. The quantitative estimate of drug-likeness (QED) is 0.708. The Morgan fingerprint density at radius 1 is 1.00 bits per heavy atom. The molecule has 5 rings (SSSR count). The van der Waals surface area contributed by atoms with E-state index in [-0.39, 0.29) is 11.7 Å². The molecule has 3 aliphatic rings. The summed E-state index contributed by atoms with van der Waals surface area (Å²) < 4.78 is 19.4. The highest BCUT2D eigenvalue weighted by Crippen LogP contribution is 2.38. The second kappa shape index (κ2) is 9.10.